The van der Waals surface area contributed by atoms with Crippen molar-refractivity contribution in [2.24, 2.45) is 5.73 Å². The van der Waals surface area contributed by atoms with Crippen LogP contribution in [0.15, 0.2) is 12.3 Å². The Morgan fingerprint density at radius 3 is 2.92 bits per heavy atom. The first-order valence-electron chi connectivity index (χ1n) is 3.99. The average molecular weight is 176 g/mol. The second kappa shape index (κ2) is 3.87. The summed E-state index contributed by atoms with van der Waals surface area (Å²) in [5.41, 5.74) is 13.1. The first-order chi connectivity index (χ1) is 6.15. The molecule has 0 aromatic carbocycles. The number of rotatable bonds is 2. The zero-order valence-corrected chi connectivity index (χ0v) is 7.49. The van der Waals surface area contributed by atoms with Gasteiger partial charge in [-0.1, -0.05) is 0 Å². The van der Waals surface area contributed by atoms with Gasteiger partial charge >= 0.3 is 0 Å². The Morgan fingerprint density at radius 1 is 1.69 bits per heavy atom. The molecule has 1 rings (SSSR count). The van der Waals surface area contributed by atoms with E-state index in [-0.39, 0.29) is 6.04 Å². The van der Waals surface area contributed by atoms with E-state index < -0.39 is 0 Å². The van der Waals surface area contributed by atoms with Crippen LogP contribution in [0.2, 0.25) is 0 Å². The number of hydrogen-bond acceptors (Lipinski definition) is 4. The Bertz CT molecular complexity index is 340. The maximum atomic E-state index is 8.47. The monoisotopic (exact) mass is 176 g/mol. The number of aromatic nitrogens is 1. The van der Waals surface area contributed by atoms with Crippen LogP contribution in [-0.4, -0.2) is 4.98 Å². The fraction of sp³-hybridized carbons (Fsp3) is 0.333. The highest BCUT2D eigenvalue weighted by molar-refractivity contribution is 5.37. The van der Waals surface area contributed by atoms with E-state index in [1.54, 1.807) is 12.3 Å². The zero-order valence-electron chi connectivity index (χ0n) is 7.49. The summed E-state index contributed by atoms with van der Waals surface area (Å²) in [6.45, 7) is 1.91. The lowest BCUT2D eigenvalue weighted by Crippen LogP contribution is -2.11. The smallest absolute Gasteiger partial charge is 0.123 e. The third kappa shape index (κ3) is 2.17. The minimum atomic E-state index is -0.266. The van der Waals surface area contributed by atoms with E-state index in [0.29, 0.717) is 12.2 Å². The summed E-state index contributed by atoms with van der Waals surface area (Å²) in [7, 11) is 0. The lowest BCUT2D eigenvalue weighted by Gasteiger charge is -2.10. The van der Waals surface area contributed by atoms with Crippen LogP contribution < -0.4 is 11.5 Å². The molecule has 0 aliphatic heterocycles. The van der Waals surface area contributed by atoms with Crippen LogP contribution in [0.1, 0.15) is 23.6 Å². The van der Waals surface area contributed by atoms with Crippen LogP contribution in [-0.2, 0) is 0 Å². The quantitative estimate of drug-likeness (QED) is 0.700. The van der Waals surface area contributed by atoms with Gasteiger partial charge in [-0.2, -0.15) is 5.26 Å². The molecule has 68 valence electrons. The van der Waals surface area contributed by atoms with E-state index in [0.717, 1.165) is 11.1 Å². The standard InChI is InChI=1S/C9H12N4/c1-6-4-9(12)13-5-7(6)8(11)2-3-10/h4-5,8H,2,11H2,1H3,(H2,12,13)/t8-/m1/s1. The Hall–Kier alpha value is -1.60. The van der Waals surface area contributed by atoms with Crippen molar-refractivity contribution < 1.29 is 0 Å². The number of anilines is 1. The van der Waals surface area contributed by atoms with Crippen molar-refractivity contribution in [1.82, 2.24) is 4.98 Å². The van der Waals surface area contributed by atoms with Crippen molar-refractivity contribution in [3.63, 3.8) is 0 Å². The summed E-state index contributed by atoms with van der Waals surface area (Å²) < 4.78 is 0. The van der Waals surface area contributed by atoms with E-state index in [1.165, 1.54) is 0 Å². The molecule has 4 N–H and O–H groups in total. The molecular formula is C9H12N4. The number of hydrogen-bond donors (Lipinski definition) is 2. The van der Waals surface area contributed by atoms with Gasteiger partial charge in [-0.25, -0.2) is 4.98 Å². The van der Waals surface area contributed by atoms with Gasteiger partial charge in [-0.15, -0.1) is 0 Å². The number of nitrogens with zero attached hydrogens (tertiary/aromatic N) is 2. The van der Waals surface area contributed by atoms with Crippen LogP contribution in [0.25, 0.3) is 0 Å². The van der Waals surface area contributed by atoms with Gasteiger partial charge in [0.1, 0.15) is 5.82 Å². The predicted molar refractivity (Wildman–Crippen MR) is 50.5 cm³/mol. The van der Waals surface area contributed by atoms with Gasteiger partial charge in [-0.05, 0) is 24.1 Å². The summed E-state index contributed by atoms with van der Waals surface area (Å²) in [5.74, 6) is 0.477. The summed E-state index contributed by atoms with van der Waals surface area (Å²) in [6.07, 6.45) is 1.93. The van der Waals surface area contributed by atoms with Crippen LogP contribution in [0.4, 0.5) is 5.82 Å². The number of nitriles is 1. The summed E-state index contributed by atoms with van der Waals surface area (Å²) in [5, 5.41) is 8.47. The largest absolute Gasteiger partial charge is 0.384 e. The minimum Gasteiger partial charge on any atom is -0.384 e. The zero-order chi connectivity index (χ0) is 9.84. The van der Waals surface area contributed by atoms with E-state index in [1.807, 2.05) is 13.0 Å². The SMILES string of the molecule is Cc1cc(N)ncc1[C@H](N)CC#N. The van der Waals surface area contributed by atoms with E-state index in [4.69, 9.17) is 16.7 Å². The van der Waals surface area contributed by atoms with Gasteiger partial charge in [0, 0.05) is 12.2 Å². The molecule has 0 saturated carbocycles. The Labute approximate surface area is 77.2 Å². The molecule has 13 heavy (non-hydrogen) atoms. The van der Waals surface area contributed by atoms with Crippen LogP contribution >= 0.6 is 0 Å². The summed E-state index contributed by atoms with van der Waals surface area (Å²) in [6, 6.07) is 3.51. The highest BCUT2D eigenvalue weighted by Gasteiger charge is 2.08. The van der Waals surface area contributed by atoms with Gasteiger partial charge in [0.2, 0.25) is 0 Å². The third-order valence-electron chi connectivity index (χ3n) is 1.88. The highest BCUT2D eigenvalue weighted by atomic mass is 14.8. The van der Waals surface area contributed by atoms with Gasteiger partial charge in [0.05, 0.1) is 12.5 Å². The summed E-state index contributed by atoms with van der Waals surface area (Å²) in [4.78, 5) is 3.93. The topological polar surface area (TPSA) is 88.7 Å². The van der Waals surface area contributed by atoms with E-state index in [9.17, 15) is 0 Å². The molecule has 0 saturated heterocycles. The third-order valence-corrected chi connectivity index (χ3v) is 1.88. The molecule has 0 radical (unpaired) electrons. The van der Waals surface area contributed by atoms with Gasteiger partial charge in [0.25, 0.3) is 0 Å². The van der Waals surface area contributed by atoms with Crippen LogP contribution in [0.3, 0.4) is 0 Å². The van der Waals surface area contributed by atoms with Gasteiger partial charge < -0.3 is 11.5 Å². The van der Waals surface area contributed by atoms with Gasteiger partial charge in [0.15, 0.2) is 0 Å². The molecule has 0 spiro atoms. The molecule has 1 aromatic heterocycles. The minimum absolute atomic E-state index is 0.266. The normalized spacial score (nSPS) is 12.1. The maximum Gasteiger partial charge on any atom is 0.123 e. The fourth-order valence-corrected chi connectivity index (χ4v) is 1.18. The van der Waals surface area contributed by atoms with Crippen molar-refractivity contribution in [2.45, 2.75) is 19.4 Å². The van der Waals surface area contributed by atoms with Crippen molar-refractivity contribution >= 4 is 5.82 Å². The number of nitrogen functional groups attached to an aromatic ring is 1. The Kier molecular flexibility index (Phi) is 2.83. The molecule has 1 heterocycles. The molecule has 4 nitrogen and oxygen atoms in total. The number of aryl methyl sites for hydroxylation is 1. The van der Waals surface area contributed by atoms with Crippen molar-refractivity contribution in [1.29, 1.82) is 5.26 Å². The average Bonchev–Trinajstić information content (AvgIpc) is 2.04. The summed E-state index contributed by atoms with van der Waals surface area (Å²) >= 11 is 0. The lowest BCUT2D eigenvalue weighted by atomic mass is 10.0. The molecule has 0 unspecified atom stereocenters. The molecule has 0 bridgehead atoms. The molecule has 0 amide bonds. The molecule has 1 atom stereocenters. The Balaban J connectivity index is 2.96. The number of pyridine rings is 1. The van der Waals surface area contributed by atoms with Crippen molar-refractivity contribution in [2.75, 3.05) is 5.73 Å². The predicted octanol–water partition coefficient (Wildman–Crippen LogP) is 0.886. The second-order valence-corrected chi connectivity index (χ2v) is 2.93. The highest BCUT2D eigenvalue weighted by Crippen LogP contribution is 2.18. The number of nitrogens with two attached hydrogens (primary N) is 2. The molecular weight excluding hydrogens is 164 g/mol. The lowest BCUT2D eigenvalue weighted by molar-refractivity contribution is 0.738. The first kappa shape index (κ1) is 9.49. The molecule has 0 aliphatic carbocycles. The molecule has 0 aliphatic rings. The second-order valence-electron chi connectivity index (χ2n) is 2.93. The van der Waals surface area contributed by atoms with Crippen LogP contribution in [0.5, 0.6) is 0 Å². The van der Waals surface area contributed by atoms with Gasteiger partial charge in [-0.3, -0.25) is 0 Å². The van der Waals surface area contributed by atoms with Crippen LogP contribution in [0, 0.1) is 18.3 Å². The van der Waals surface area contributed by atoms with E-state index in [2.05, 4.69) is 4.98 Å². The molecule has 4 heteroatoms. The molecule has 1 aromatic rings. The molecule has 0 fully saturated rings. The Morgan fingerprint density at radius 2 is 2.38 bits per heavy atom. The fourth-order valence-electron chi connectivity index (χ4n) is 1.18. The maximum absolute atomic E-state index is 8.47. The first-order valence-corrected chi connectivity index (χ1v) is 3.99. The van der Waals surface area contributed by atoms with Crippen molar-refractivity contribution in [3.05, 3.63) is 23.4 Å². The van der Waals surface area contributed by atoms with E-state index >= 15 is 0 Å². The van der Waals surface area contributed by atoms with Crippen molar-refractivity contribution in [3.8, 4) is 6.07 Å².